The zero-order valence-electron chi connectivity index (χ0n) is 18.1. The highest BCUT2D eigenvalue weighted by Crippen LogP contribution is 2.46. The number of aryl methyl sites for hydroxylation is 2. The fourth-order valence-electron chi connectivity index (χ4n) is 4.92. The molecule has 0 amide bonds. The molecular weight excluding hydrogens is 338 g/mol. The maximum atomic E-state index is 2.44. The molecule has 0 saturated carbocycles. The van der Waals surface area contributed by atoms with Crippen LogP contribution in [0.25, 0.3) is 11.1 Å². The van der Waals surface area contributed by atoms with Gasteiger partial charge in [0, 0.05) is 12.0 Å². The van der Waals surface area contributed by atoms with E-state index in [0.29, 0.717) is 0 Å². The van der Waals surface area contributed by atoms with Crippen LogP contribution in [0.3, 0.4) is 0 Å². The van der Waals surface area contributed by atoms with Gasteiger partial charge in [-0.15, -0.1) is 0 Å². The van der Waals surface area contributed by atoms with Crippen LogP contribution < -0.4 is 0 Å². The van der Waals surface area contributed by atoms with Gasteiger partial charge in [-0.25, -0.2) is 0 Å². The van der Waals surface area contributed by atoms with Gasteiger partial charge < -0.3 is 4.90 Å². The highest BCUT2D eigenvalue weighted by Gasteiger charge is 2.34. The van der Waals surface area contributed by atoms with Crippen LogP contribution in [0.1, 0.15) is 52.8 Å². The summed E-state index contributed by atoms with van der Waals surface area (Å²) in [5.41, 5.74) is 12.9. The minimum atomic E-state index is 0.0103. The van der Waals surface area contributed by atoms with Crippen molar-refractivity contribution in [2.24, 2.45) is 0 Å². The largest absolute Gasteiger partial charge is 0.305 e. The Morgan fingerprint density at radius 2 is 1.61 bits per heavy atom. The minimum absolute atomic E-state index is 0.0103. The van der Waals surface area contributed by atoms with Crippen molar-refractivity contribution >= 4 is 0 Å². The molecule has 0 N–H and O–H groups in total. The zero-order chi connectivity index (χ0) is 20.1. The summed E-state index contributed by atoms with van der Waals surface area (Å²) in [4.78, 5) is 2.24. The third-order valence-electron chi connectivity index (χ3n) is 6.32. The fourth-order valence-corrected chi connectivity index (χ4v) is 4.92. The van der Waals surface area contributed by atoms with Gasteiger partial charge in [0.25, 0.3) is 0 Å². The first kappa shape index (κ1) is 19.0. The molecule has 1 aliphatic carbocycles. The van der Waals surface area contributed by atoms with E-state index in [1.807, 2.05) is 0 Å². The summed E-state index contributed by atoms with van der Waals surface area (Å²) in [6, 6.07) is 20.6. The van der Waals surface area contributed by atoms with Crippen LogP contribution in [-0.2, 0) is 18.4 Å². The molecule has 0 saturated heterocycles. The van der Waals surface area contributed by atoms with E-state index in [1.165, 1.54) is 50.1 Å². The Morgan fingerprint density at radius 3 is 2.32 bits per heavy atom. The summed E-state index contributed by atoms with van der Waals surface area (Å²) in [7, 11) is 4.27. The van der Waals surface area contributed by atoms with Gasteiger partial charge in [-0.1, -0.05) is 68.4 Å². The van der Waals surface area contributed by atoms with Crippen LogP contribution >= 0.6 is 0 Å². The molecule has 144 valence electrons. The van der Waals surface area contributed by atoms with E-state index in [4.69, 9.17) is 0 Å². The van der Waals surface area contributed by atoms with E-state index in [2.05, 4.69) is 101 Å². The van der Waals surface area contributed by atoms with Crippen molar-refractivity contribution < 1.29 is 0 Å². The quantitative estimate of drug-likeness (QED) is 0.526. The molecule has 28 heavy (non-hydrogen) atoms. The molecule has 1 aliphatic rings. The van der Waals surface area contributed by atoms with Gasteiger partial charge in [0.05, 0.1) is 0 Å². The number of hydrogen-bond donors (Lipinski definition) is 0. The van der Waals surface area contributed by atoms with Crippen LogP contribution in [0.4, 0.5) is 0 Å². The standard InChI is InChI=1S/C27H31N/c1-18-9-7-8-10-22(18)26-19(2)11-14-24-23(26)16-21-13-12-20(17-28(5)6)15-25(21)27(24,3)4/h7-15H,16-17H2,1-6H3. The lowest BCUT2D eigenvalue weighted by Crippen LogP contribution is -2.28. The molecule has 0 aromatic heterocycles. The molecule has 0 aliphatic heterocycles. The smallest absolute Gasteiger partial charge is 0.0227 e. The molecule has 3 aromatic carbocycles. The maximum absolute atomic E-state index is 2.44. The first-order valence-electron chi connectivity index (χ1n) is 10.2. The van der Waals surface area contributed by atoms with Gasteiger partial charge in [0.2, 0.25) is 0 Å². The van der Waals surface area contributed by atoms with E-state index >= 15 is 0 Å². The van der Waals surface area contributed by atoms with Gasteiger partial charge in [0.1, 0.15) is 0 Å². The highest BCUT2D eigenvalue weighted by atomic mass is 15.0. The van der Waals surface area contributed by atoms with E-state index in [9.17, 15) is 0 Å². The maximum Gasteiger partial charge on any atom is 0.0227 e. The predicted molar refractivity (Wildman–Crippen MR) is 120 cm³/mol. The van der Waals surface area contributed by atoms with Crippen molar-refractivity contribution in [3.8, 4) is 11.1 Å². The van der Waals surface area contributed by atoms with Crippen molar-refractivity contribution in [2.45, 2.75) is 46.1 Å². The predicted octanol–water partition coefficient (Wildman–Crippen LogP) is 6.26. The number of nitrogens with zero attached hydrogens (tertiary/aromatic N) is 1. The molecule has 1 nitrogen and oxygen atoms in total. The van der Waals surface area contributed by atoms with E-state index < -0.39 is 0 Å². The fraction of sp³-hybridized carbons (Fsp3) is 0.333. The lowest BCUT2D eigenvalue weighted by Gasteiger charge is -2.37. The third-order valence-corrected chi connectivity index (χ3v) is 6.32. The average molecular weight is 370 g/mol. The molecule has 3 aromatic rings. The molecule has 0 atom stereocenters. The number of benzene rings is 3. The Bertz CT molecular complexity index is 1040. The minimum Gasteiger partial charge on any atom is -0.305 e. The van der Waals surface area contributed by atoms with E-state index in [-0.39, 0.29) is 5.41 Å². The van der Waals surface area contributed by atoms with Gasteiger partial charge in [-0.3, -0.25) is 0 Å². The Kier molecular flexibility index (Phi) is 4.67. The molecule has 0 fully saturated rings. The van der Waals surface area contributed by atoms with Crippen molar-refractivity contribution in [1.82, 2.24) is 4.90 Å². The number of hydrogen-bond acceptors (Lipinski definition) is 1. The lowest BCUT2D eigenvalue weighted by molar-refractivity contribution is 0.402. The molecule has 1 heteroatoms. The van der Waals surface area contributed by atoms with E-state index in [0.717, 1.165) is 13.0 Å². The van der Waals surface area contributed by atoms with Crippen molar-refractivity contribution in [3.05, 3.63) is 93.5 Å². The van der Waals surface area contributed by atoms with E-state index in [1.54, 1.807) is 0 Å². The lowest BCUT2D eigenvalue weighted by atomic mass is 9.66. The monoisotopic (exact) mass is 369 g/mol. The van der Waals surface area contributed by atoms with Crippen LogP contribution in [0.15, 0.2) is 54.6 Å². The van der Waals surface area contributed by atoms with Gasteiger partial charge in [-0.2, -0.15) is 0 Å². The summed E-state index contributed by atoms with van der Waals surface area (Å²) >= 11 is 0. The summed E-state index contributed by atoms with van der Waals surface area (Å²) in [6.07, 6.45) is 1.02. The number of rotatable bonds is 3. The molecule has 4 rings (SSSR count). The second-order valence-corrected chi connectivity index (χ2v) is 9.13. The third kappa shape index (κ3) is 3.08. The SMILES string of the molecule is Cc1ccccc1-c1c(C)ccc2c1Cc1ccc(CN(C)C)cc1C2(C)C. The molecule has 0 unspecified atom stereocenters. The first-order valence-corrected chi connectivity index (χ1v) is 10.2. The van der Waals surface area contributed by atoms with Gasteiger partial charge in [0.15, 0.2) is 0 Å². The average Bonchev–Trinajstić information content (AvgIpc) is 2.63. The van der Waals surface area contributed by atoms with Gasteiger partial charge >= 0.3 is 0 Å². The first-order chi connectivity index (χ1) is 13.3. The molecule has 0 heterocycles. The second-order valence-electron chi connectivity index (χ2n) is 9.13. The molecule has 0 radical (unpaired) electrons. The van der Waals surface area contributed by atoms with Crippen molar-refractivity contribution in [1.29, 1.82) is 0 Å². The topological polar surface area (TPSA) is 3.24 Å². The Labute approximate surface area is 170 Å². The number of fused-ring (bicyclic) bond motifs is 2. The van der Waals surface area contributed by atoms with Gasteiger partial charge in [-0.05, 0) is 84.4 Å². The molecular formula is C27H31N. The molecule has 0 bridgehead atoms. The Balaban J connectivity index is 1.91. The Morgan fingerprint density at radius 1 is 0.857 bits per heavy atom. The van der Waals surface area contributed by atoms with Crippen LogP contribution in [0, 0.1) is 13.8 Å². The normalized spacial score (nSPS) is 14.7. The summed E-state index contributed by atoms with van der Waals surface area (Å²) in [5, 5.41) is 0. The summed E-state index contributed by atoms with van der Waals surface area (Å²) in [6.45, 7) is 10.2. The zero-order valence-corrected chi connectivity index (χ0v) is 18.1. The molecule has 0 spiro atoms. The Hall–Kier alpha value is -2.38. The van der Waals surface area contributed by atoms with Crippen LogP contribution in [0.2, 0.25) is 0 Å². The summed E-state index contributed by atoms with van der Waals surface area (Å²) in [5.74, 6) is 0. The summed E-state index contributed by atoms with van der Waals surface area (Å²) < 4.78 is 0. The van der Waals surface area contributed by atoms with Crippen molar-refractivity contribution in [2.75, 3.05) is 14.1 Å². The van der Waals surface area contributed by atoms with Crippen molar-refractivity contribution in [3.63, 3.8) is 0 Å². The van der Waals surface area contributed by atoms with Crippen LogP contribution in [0.5, 0.6) is 0 Å². The van der Waals surface area contributed by atoms with Crippen LogP contribution in [-0.4, -0.2) is 19.0 Å². The highest BCUT2D eigenvalue weighted by molar-refractivity contribution is 5.77. The second kappa shape index (κ2) is 6.90.